The van der Waals surface area contributed by atoms with Gasteiger partial charge in [0.2, 0.25) is 0 Å². The van der Waals surface area contributed by atoms with Gasteiger partial charge < -0.3 is 15.2 Å². The number of ether oxygens (including phenoxy) is 1. The number of nitrogens with zero attached hydrogens (tertiary/aromatic N) is 2. The van der Waals surface area contributed by atoms with Gasteiger partial charge in [0.25, 0.3) is 5.91 Å². The summed E-state index contributed by atoms with van der Waals surface area (Å²) in [7, 11) is 1.26. The third-order valence-corrected chi connectivity index (χ3v) is 4.48. The number of carboxylic acid groups (broad SMARTS) is 1. The van der Waals surface area contributed by atoms with Gasteiger partial charge in [0.1, 0.15) is 11.5 Å². The number of aromatic nitrogens is 2. The standard InChI is InChI=1S/C18H20FN3O4/c1-10-6-7-12(19)14(8-10)22-13-5-3-4-11(13)16(21-22)17(23)20-9-15(26-2)18(24)25/h6-8,15H,3-5,9H2,1-2H3,(H,20,23)(H,24,25). The fourth-order valence-corrected chi connectivity index (χ4v) is 3.14. The summed E-state index contributed by atoms with van der Waals surface area (Å²) < 4.78 is 20.6. The highest BCUT2D eigenvalue weighted by Gasteiger charge is 2.28. The molecule has 0 bridgehead atoms. The number of amides is 1. The van der Waals surface area contributed by atoms with Gasteiger partial charge in [-0.1, -0.05) is 6.07 Å². The zero-order valence-electron chi connectivity index (χ0n) is 14.6. The lowest BCUT2D eigenvalue weighted by atomic mass is 10.2. The number of hydrogen-bond donors (Lipinski definition) is 2. The second-order valence-corrected chi connectivity index (χ2v) is 6.27. The molecule has 1 aliphatic rings. The first-order chi connectivity index (χ1) is 12.4. The second-order valence-electron chi connectivity index (χ2n) is 6.27. The zero-order valence-corrected chi connectivity index (χ0v) is 14.6. The maximum Gasteiger partial charge on any atom is 0.334 e. The Morgan fingerprint density at radius 3 is 2.88 bits per heavy atom. The van der Waals surface area contributed by atoms with Crippen molar-refractivity contribution in [2.45, 2.75) is 32.3 Å². The van der Waals surface area contributed by atoms with Crippen LogP contribution in [-0.4, -0.2) is 46.5 Å². The SMILES string of the molecule is COC(CNC(=O)c1nn(-c2cc(C)ccc2F)c2c1CCC2)C(=O)O. The topological polar surface area (TPSA) is 93.5 Å². The van der Waals surface area contributed by atoms with E-state index in [2.05, 4.69) is 10.4 Å². The summed E-state index contributed by atoms with van der Waals surface area (Å²) in [5, 5.41) is 15.8. The number of nitrogens with one attached hydrogen (secondary N) is 1. The Morgan fingerprint density at radius 1 is 1.42 bits per heavy atom. The third-order valence-electron chi connectivity index (χ3n) is 4.48. The van der Waals surface area contributed by atoms with Gasteiger partial charge in [-0.05, 0) is 43.9 Å². The number of aliphatic carboxylic acids is 1. The van der Waals surface area contributed by atoms with Crippen molar-refractivity contribution in [3.05, 3.63) is 46.5 Å². The van der Waals surface area contributed by atoms with Gasteiger partial charge in [0.05, 0.1) is 6.54 Å². The van der Waals surface area contributed by atoms with Crippen LogP contribution in [0.25, 0.3) is 5.69 Å². The summed E-state index contributed by atoms with van der Waals surface area (Å²) in [5.41, 5.74) is 3.01. The van der Waals surface area contributed by atoms with Crippen LogP contribution < -0.4 is 5.32 Å². The minimum absolute atomic E-state index is 0.175. The van der Waals surface area contributed by atoms with Gasteiger partial charge in [0.15, 0.2) is 11.8 Å². The fraction of sp³-hybridized carbons (Fsp3) is 0.389. The first kappa shape index (κ1) is 18.1. The molecule has 26 heavy (non-hydrogen) atoms. The lowest BCUT2D eigenvalue weighted by Gasteiger charge is -2.11. The van der Waals surface area contributed by atoms with E-state index in [1.807, 2.05) is 6.92 Å². The van der Waals surface area contributed by atoms with E-state index in [1.165, 1.54) is 17.9 Å². The highest BCUT2D eigenvalue weighted by Crippen LogP contribution is 2.29. The number of methoxy groups -OCH3 is 1. The van der Waals surface area contributed by atoms with Gasteiger partial charge >= 0.3 is 5.97 Å². The van der Waals surface area contributed by atoms with Crippen LogP contribution in [0, 0.1) is 12.7 Å². The molecule has 2 aromatic rings. The van der Waals surface area contributed by atoms with Crippen LogP contribution in [0.5, 0.6) is 0 Å². The number of halogens is 1. The van der Waals surface area contributed by atoms with Crippen LogP contribution in [0.1, 0.15) is 33.7 Å². The Hall–Kier alpha value is -2.74. The average Bonchev–Trinajstić information content (AvgIpc) is 3.19. The van der Waals surface area contributed by atoms with E-state index < -0.39 is 23.8 Å². The first-order valence-corrected chi connectivity index (χ1v) is 8.33. The molecule has 1 atom stereocenters. The molecule has 1 aromatic heterocycles. The molecule has 3 rings (SSSR count). The van der Waals surface area contributed by atoms with Gasteiger partial charge in [-0.25, -0.2) is 13.9 Å². The highest BCUT2D eigenvalue weighted by molar-refractivity contribution is 5.94. The Bertz CT molecular complexity index is 862. The molecule has 1 aliphatic carbocycles. The van der Waals surface area contributed by atoms with Crippen molar-refractivity contribution >= 4 is 11.9 Å². The third kappa shape index (κ3) is 3.32. The summed E-state index contributed by atoms with van der Waals surface area (Å²) in [5.74, 6) is -2.06. The molecule has 0 spiro atoms. The van der Waals surface area contributed by atoms with E-state index in [0.29, 0.717) is 18.5 Å². The van der Waals surface area contributed by atoms with E-state index in [4.69, 9.17) is 9.84 Å². The summed E-state index contributed by atoms with van der Waals surface area (Å²) in [6, 6.07) is 4.74. The van der Waals surface area contributed by atoms with Crippen molar-refractivity contribution in [2.24, 2.45) is 0 Å². The maximum atomic E-state index is 14.3. The van der Waals surface area contributed by atoms with Crippen molar-refractivity contribution in [2.75, 3.05) is 13.7 Å². The van der Waals surface area contributed by atoms with Crippen molar-refractivity contribution in [3.63, 3.8) is 0 Å². The number of hydrogen-bond acceptors (Lipinski definition) is 4. The van der Waals surface area contributed by atoms with Crippen molar-refractivity contribution in [1.82, 2.24) is 15.1 Å². The van der Waals surface area contributed by atoms with Crippen molar-refractivity contribution in [1.29, 1.82) is 0 Å². The van der Waals surface area contributed by atoms with E-state index in [-0.39, 0.29) is 12.2 Å². The molecule has 1 aromatic carbocycles. The monoisotopic (exact) mass is 361 g/mol. The molecule has 0 aliphatic heterocycles. The average molecular weight is 361 g/mol. The molecular weight excluding hydrogens is 341 g/mol. The molecule has 8 heteroatoms. The van der Waals surface area contributed by atoms with Crippen LogP contribution in [0.15, 0.2) is 18.2 Å². The Labute approximate surface area is 149 Å². The molecule has 1 heterocycles. The molecule has 0 saturated carbocycles. The Balaban J connectivity index is 1.91. The predicted octanol–water partition coefficient (Wildman–Crippen LogP) is 1.64. The van der Waals surface area contributed by atoms with E-state index in [1.54, 1.807) is 12.1 Å². The van der Waals surface area contributed by atoms with E-state index in [0.717, 1.165) is 23.2 Å². The first-order valence-electron chi connectivity index (χ1n) is 8.33. The lowest BCUT2D eigenvalue weighted by Crippen LogP contribution is -2.38. The Kier molecular flexibility index (Phi) is 5.03. The minimum Gasteiger partial charge on any atom is -0.479 e. The lowest BCUT2D eigenvalue weighted by molar-refractivity contribution is -0.148. The molecule has 2 N–H and O–H groups in total. The number of benzene rings is 1. The molecular formula is C18H20FN3O4. The summed E-state index contributed by atoms with van der Waals surface area (Å²) in [4.78, 5) is 23.5. The van der Waals surface area contributed by atoms with E-state index >= 15 is 0 Å². The number of rotatable bonds is 6. The smallest absolute Gasteiger partial charge is 0.334 e. The number of carboxylic acids is 1. The van der Waals surface area contributed by atoms with Crippen LogP contribution in [0.4, 0.5) is 4.39 Å². The summed E-state index contributed by atoms with van der Waals surface area (Å²) in [6.45, 7) is 1.68. The van der Waals surface area contributed by atoms with Gasteiger partial charge in [-0.2, -0.15) is 5.10 Å². The molecule has 1 amide bonds. The van der Waals surface area contributed by atoms with Crippen LogP contribution in [0.3, 0.4) is 0 Å². The van der Waals surface area contributed by atoms with E-state index in [9.17, 15) is 14.0 Å². The Morgan fingerprint density at radius 2 is 2.19 bits per heavy atom. The van der Waals surface area contributed by atoms with Gasteiger partial charge in [-0.3, -0.25) is 4.79 Å². The molecule has 0 fully saturated rings. The molecule has 1 unspecified atom stereocenters. The highest BCUT2D eigenvalue weighted by atomic mass is 19.1. The minimum atomic E-state index is -1.16. The second kappa shape index (κ2) is 7.25. The van der Waals surface area contributed by atoms with Crippen molar-refractivity contribution < 1.29 is 23.8 Å². The number of fused-ring (bicyclic) bond motifs is 1. The normalized spacial score (nSPS) is 14.1. The summed E-state index contributed by atoms with van der Waals surface area (Å²) in [6.07, 6.45) is 1.11. The fourth-order valence-electron chi connectivity index (χ4n) is 3.14. The van der Waals surface area contributed by atoms with Crippen LogP contribution >= 0.6 is 0 Å². The number of aryl methyl sites for hydroxylation is 1. The zero-order chi connectivity index (χ0) is 18.8. The van der Waals surface area contributed by atoms with Crippen LogP contribution in [-0.2, 0) is 22.4 Å². The van der Waals surface area contributed by atoms with Crippen LogP contribution in [0.2, 0.25) is 0 Å². The molecule has 0 saturated heterocycles. The summed E-state index contributed by atoms with van der Waals surface area (Å²) >= 11 is 0. The number of carbonyl (C=O) groups is 2. The quantitative estimate of drug-likeness (QED) is 0.816. The molecule has 0 radical (unpaired) electrons. The van der Waals surface area contributed by atoms with Crippen molar-refractivity contribution in [3.8, 4) is 5.69 Å². The largest absolute Gasteiger partial charge is 0.479 e. The maximum absolute atomic E-state index is 14.3. The predicted molar refractivity (Wildman–Crippen MR) is 91.1 cm³/mol. The number of carbonyl (C=O) groups excluding carboxylic acids is 1. The van der Waals surface area contributed by atoms with Gasteiger partial charge in [0, 0.05) is 18.4 Å². The molecule has 7 nitrogen and oxygen atoms in total. The van der Waals surface area contributed by atoms with Gasteiger partial charge in [-0.15, -0.1) is 0 Å². The molecule has 138 valence electrons.